The van der Waals surface area contributed by atoms with Gasteiger partial charge >= 0.3 is 0 Å². The van der Waals surface area contributed by atoms with Crippen molar-refractivity contribution in [2.75, 3.05) is 5.32 Å². The Labute approximate surface area is 125 Å². The topological polar surface area (TPSA) is 81.6 Å². The zero-order chi connectivity index (χ0) is 14.8. The molecule has 1 amide bonds. The molecule has 2 N–H and O–H groups in total. The van der Waals surface area contributed by atoms with E-state index in [0.717, 1.165) is 11.0 Å². The highest BCUT2D eigenvalue weighted by Crippen LogP contribution is 2.23. The zero-order valence-electron chi connectivity index (χ0n) is 10.7. The molecule has 21 heavy (non-hydrogen) atoms. The Kier molecular flexibility index (Phi) is 3.30. The van der Waals surface area contributed by atoms with Gasteiger partial charge in [0.15, 0.2) is 0 Å². The van der Waals surface area contributed by atoms with Crippen LogP contribution in [0.15, 0.2) is 42.7 Å². The summed E-state index contributed by atoms with van der Waals surface area (Å²) >= 11 is 6.04. The molecule has 0 aliphatic rings. The Balaban J connectivity index is 1.87. The van der Waals surface area contributed by atoms with Crippen molar-refractivity contribution in [3.8, 4) is 6.07 Å². The number of carbonyl (C=O) groups is 1. The summed E-state index contributed by atoms with van der Waals surface area (Å²) in [5, 5.41) is 11.8. The van der Waals surface area contributed by atoms with E-state index in [-0.39, 0.29) is 5.91 Å². The molecule has 0 unspecified atom stereocenters. The van der Waals surface area contributed by atoms with E-state index in [1.807, 2.05) is 6.07 Å². The highest BCUT2D eigenvalue weighted by molar-refractivity contribution is 6.34. The van der Waals surface area contributed by atoms with Gasteiger partial charge < -0.3 is 10.3 Å². The summed E-state index contributed by atoms with van der Waals surface area (Å²) in [6.07, 6.45) is 1.57. The first-order valence-electron chi connectivity index (χ1n) is 6.11. The summed E-state index contributed by atoms with van der Waals surface area (Å²) in [5.74, 6) is -0.280. The van der Waals surface area contributed by atoms with Crippen LogP contribution in [-0.2, 0) is 0 Å². The second kappa shape index (κ2) is 5.27. The van der Waals surface area contributed by atoms with Crippen LogP contribution in [0.25, 0.3) is 11.0 Å². The van der Waals surface area contributed by atoms with E-state index in [9.17, 15) is 4.79 Å². The zero-order valence-corrected chi connectivity index (χ0v) is 11.5. The molecule has 0 aliphatic carbocycles. The van der Waals surface area contributed by atoms with Crippen LogP contribution in [-0.4, -0.2) is 15.9 Å². The summed E-state index contributed by atoms with van der Waals surface area (Å²) in [6, 6.07) is 11.9. The number of imidazole rings is 1. The van der Waals surface area contributed by atoms with Gasteiger partial charge in [0, 0.05) is 5.56 Å². The van der Waals surface area contributed by atoms with Crippen LogP contribution in [0, 0.1) is 11.3 Å². The normalized spacial score (nSPS) is 10.3. The number of aromatic amines is 1. The Morgan fingerprint density at radius 2 is 2.14 bits per heavy atom. The van der Waals surface area contributed by atoms with Gasteiger partial charge in [-0.15, -0.1) is 0 Å². The van der Waals surface area contributed by atoms with Crippen molar-refractivity contribution < 1.29 is 4.79 Å². The molecule has 102 valence electrons. The van der Waals surface area contributed by atoms with Gasteiger partial charge in [0.25, 0.3) is 5.91 Å². The maximum Gasteiger partial charge on any atom is 0.255 e. The molecule has 0 saturated carbocycles. The van der Waals surface area contributed by atoms with Crippen molar-refractivity contribution in [2.45, 2.75) is 0 Å². The number of rotatable bonds is 2. The van der Waals surface area contributed by atoms with Gasteiger partial charge in [-0.05, 0) is 36.4 Å². The standard InChI is InChI=1S/C15H9ClN4O/c16-11-5-9(7-17)1-3-12(11)20-15(21)10-2-4-13-14(6-10)19-8-18-13/h1-6,8H,(H,18,19)(H,20,21). The molecule has 0 bridgehead atoms. The van der Waals surface area contributed by atoms with Gasteiger partial charge in [-0.25, -0.2) is 4.98 Å². The van der Waals surface area contributed by atoms with Crippen LogP contribution >= 0.6 is 11.6 Å². The summed E-state index contributed by atoms with van der Waals surface area (Å²) in [4.78, 5) is 19.3. The lowest BCUT2D eigenvalue weighted by Crippen LogP contribution is -2.12. The Morgan fingerprint density at radius 3 is 2.90 bits per heavy atom. The van der Waals surface area contributed by atoms with Crippen molar-refractivity contribution in [1.82, 2.24) is 9.97 Å². The number of anilines is 1. The van der Waals surface area contributed by atoms with Crippen molar-refractivity contribution in [3.63, 3.8) is 0 Å². The molecule has 0 fully saturated rings. The van der Waals surface area contributed by atoms with E-state index in [1.165, 1.54) is 6.07 Å². The van der Waals surface area contributed by atoms with Crippen molar-refractivity contribution in [1.29, 1.82) is 5.26 Å². The van der Waals surface area contributed by atoms with E-state index in [4.69, 9.17) is 16.9 Å². The van der Waals surface area contributed by atoms with E-state index in [2.05, 4.69) is 15.3 Å². The molecule has 3 aromatic rings. The maximum atomic E-state index is 12.2. The van der Waals surface area contributed by atoms with Crippen LogP contribution in [0.3, 0.4) is 0 Å². The number of benzene rings is 2. The van der Waals surface area contributed by atoms with Gasteiger partial charge in [-0.1, -0.05) is 11.6 Å². The van der Waals surface area contributed by atoms with E-state index in [0.29, 0.717) is 21.8 Å². The third-order valence-electron chi connectivity index (χ3n) is 3.03. The lowest BCUT2D eigenvalue weighted by atomic mass is 10.1. The van der Waals surface area contributed by atoms with Gasteiger partial charge in [-0.2, -0.15) is 5.26 Å². The Hall–Kier alpha value is -2.84. The number of nitriles is 1. The molecule has 2 aromatic carbocycles. The van der Waals surface area contributed by atoms with Gasteiger partial charge in [0.05, 0.1) is 39.7 Å². The molecule has 3 rings (SSSR count). The minimum Gasteiger partial charge on any atom is -0.345 e. The lowest BCUT2D eigenvalue weighted by Gasteiger charge is -2.07. The van der Waals surface area contributed by atoms with Crippen LogP contribution in [0.2, 0.25) is 5.02 Å². The first-order chi connectivity index (χ1) is 10.2. The summed E-state index contributed by atoms with van der Waals surface area (Å²) in [5.41, 5.74) is 2.98. The van der Waals surface area contributed by atoms with Crippen LogP contribution in [0.5, 0.6) is 0 Å². The second-order valence-electron chi connectivity index (χ2n) is 4.40. The van der Waals surface area contributed by atoms with Gasteiger partial charge in [-0.3, -0.25) is 4.79 Å². The summed E-state index contributed by atoms with van der Waals surface area (Å²) < 4.78 is 0. The van der Waals surface area contributed by atoms with Crippen LogP contribution in [0.4, 0.5) is 5.69 Å². The van der Waals surface area contributed by atoms with E-state index in [1.54, 1.807) is 36.7 Å². The highest BCUT2D eigenvalue weighted by Gasteiger charge is 2.10. The monoisotopic (exact) mass is 296 g/mol. The first kappa shape index (κ1) is 13.2. The highest BCUT2D eigenvalue weighted by atomic mass is 35.5. The maximum absolute atomic E-state index is 12.2. The summed E-state index contributed by atoms with van der Waals surface area (Å²) in [6.45, 7) is 0. The van der Waals surface area contributed by atoms with Crippen LogP contribution in [0.1, 0.15) is 15.9 Å². The number of carbonyl (C=O) groups excluding carboxylic acids is 1. The minimum absolute atomic E-state index is 0.280. The number of fused-ring (bicyclic) bond motifs is 1. The predicted molar refractivity (Wildman–Crippen MR) is 80.2 cm³/mol. The molecular formula is C15H9ClN4O. The molecule has 0 aliphatic heterocycles. The molecule has 5 nitrogen and oxygen atoms in total. The largest absolute Gasteiger partial charge is 0.345 e. The fourth-order valence-electron chi connectivity index (χ4n) is 1.96. The number of halogens is 1. The van der Waals surface area contributed by atoms with Crippen molar-refractivity contribution in [3.05, 3.63) is 58.9 Å². The smallest absolute Gasteiger partial charge is 0.255 e. The quantitative estimate of drug-likeness (QED) is 0.761. The van der Waals surface area contributed by atoms with Gasteiger partial charge in [0.2, 0.25) is 0 Å². The molecule has 0 radical (unpaired) electrons. The number of nitrogens with zero attached hydrogens (tertiary/aromatic N) is 2. The predicted octanol–water partition coefficient (Wildman–Crippen LogP) is 3.34. The summed E-state index contributed by atoms with van der Waals surface area (Å²) in [7, 11) is 0. The average molecular weight is 297 g/mol. The average Bonchev–Trinajstić information content (AvgIpc) is 2.96. The number of nitrogens with one attached hydrogen (secondary N) is 2. The number of hydrogen-bond acceptors (Lipinski definition) is 3. The fraction of sp³-hybridized carbons (Fsp3) is 0. The lowest BCUT2D eigenvalue weighted by molar-refractivity contribution is 0.102. The van der Waals surface area contributed by atoms with Crippen LogP contribution < -0.4 is 5.32 Å². The number of hydrogen-bond donors (Lipinski definition) is 2. The number of aromatic nitrogens is 2. The SMILES string of the molecule is N#Cc1ccc(NC(=O)c2ccc3nc[nH]c3c2)c(Cl)c1. The molecule has 6 heteroatoms. The molecule has 0 saturated heterocycles. The van der Waals surface area contributed by atoms with E-state index >= 15 is 0 Å². The van der Waals surface area contributed by atoms with Gasteiger partial charge in [0.1, 0.15) is 0 Å². The second-order valence-corrected chi connectivity index (χ2v) is 4.80. The molecule has 0 atom stereocenters. The number of H-pyrrole nitrogens is 1. The Morgan fingerprint density at radius 1 is 1.29 bits per heavy atom. The molecule has 1 heterocycles. The molecule has 1 aromatic heterocycles. The fourth-order valence-corrected chi connectivity index (χ4v) is 2.19. The number of amides is 1. The first-order valence-corrected chi connectivity index (χ1v) is 6.49. The van der Waals surface area contributed by atoms with E-state index < -0.39 is 0 Å². The minimum atomic E-state index is -0.280. The van der Waals surface area contributed by atoms with Crippen molar-refractivity contribution in [2.24, 2.45) is 0 Å². The molecular weight excluding hydrogens is 288 g/mol. The van der Waals surface area contributed by atoms with Crippen molar-refractivity contribution >= 4 is 34.2 Å². The third kappa shape index (κ3) is 2.57. The molecule has 0 spiro atoms. The third-order valence-corrected chi connectivity index (χ3v) is 3.34. The Bertz CT molecular complexity index is 879.